The molecule has 1 aliphatic rings. The van der Waals surface area contributed by atoms with Crippen LogP contribution in [-0.4, -0.2) is 57.3 Å². The monoisotopic (exact) mass is 437 g/mol. The molecule has 6 atom stereocenters. The average Bonchev–Trinajstić information content (AvgIpc) is 2.82. The second-order valence-electron chi connectivity index (χ2n) is 7.09. The third-order valence-electron chi connectivity index (χ3n) is 4.24. The molecule has 1 fully saturated rings. The number of hydrogen-bond acceptors (Lipinski definition) is 8. The maximum atomic E-state index is 15.0. The fourth-order valence-electron chi connectivity index (χ4n) is 2.73. The first-order chi connectivity index (χ1) is 13.4. The summed E-state index contributed by atoms with van der Waals surface area (Å²) in [6.45, 7) is 5.34. The highest BCUT2D eigenvalue weighted by Crippen LogP contribution is 2.41. The Kier molecular flexibility index (Phi) is 7.52. The van der Waals surface area contributed by atoms with Crippen molar-refractivity contribution < 1.29 is 32.9 Å². The molecule has 1 aromatic rings. The van der Waals surface area contributed by atoms with Gasteiger partial charge in [-0.3, -0.25) is 23.7 Å². The van der Waals surface area contributed by atoms with Crippen LogP contribution in [-0.2, 0) is 23.4 Å². The van der Waals surface area contributed by atoms with Crippen LogP contribution < -0.4 is 16.3 Å². The number of nitrogens with zero attached hydrogens (tertiary/aromatic N) is 1. The Morgan fingerprint density at radius 3 is 2.72 bits per heavy atom. The highest BCUT2D eigenvalue weighted by atomic mass is 31.1. The van der Waals surface area contributed by atoms with Gasteiger partial charge in [-0.15, -0.1) is 0 Å². The quantitative estimate of drug-likeness (QED) is 0.373. The van der Waals surface area contributed by atoms with E-state index in [9.17, 15) is 24.1 Å². The Balaban J connectivity index is 2.00. The lowest BCUT2D eigenvalue weighted by Gasteiger charge is -2.24. The normalized spacial score (nSPS) is 29.0. The van der Waals surface area contributed by atoms with Gasteiger partial charge in [-0.1, -0.05) is 0 Å². The van der Waals surface area contributed by atoms with Crippen LogP contribution in [0.2, 0.25) is 0 Å². The zero-order valence-electron chi connectivity index (χ0n) is 16.4. The standard InChI is InChI=1S/C16H25FN3O8P/c1-8(2)27-13(23)9(3)19-29(25)26-7-10-12(22)16(4,17)14(28-10)20-6-5-11(21)18-15(20)24/h5-6,8-10,12,14,22,29H,7H2,1-4H3,(H,19,25)(H,18,21,24)/t9-,10-,12-,14?,16-/m1/s1. The molecule has 0 saturated carbocycles. The summed E-state index contributed by atoms with van der Waals surface area (Å²) in [6, 6.07) is 0.106. The lowest BCUT2D eigenvalue weighted by Crippen LogP contribution is -2.43. The Hall–Kier alpha value is -1.85. The molecule has 0 amide bonds. The van der Waals surface area contributed by atoms with Gasteiger partial charge in [0.25, 0.3) is 13.7 Å². The zero-order chi connectivity index (χ0) is 21.9. The van der Waals surface area contributed by atoms with Crippen LogP contribution in [0, 0.1) is 0 Å². The molecule has 1 aliphatic heterocycles. The van der Waals surface area contributed by atoms with E-state index in [0.717, 1.165) is 23.8 Å². The Morgan fingerprint density at radius 2 is 2.14 bits per heavy atom. The highest BCUT2D eigenvalue weighted by Gasteiger charge is 2.55. The van der Waals surface area contributed by atoms with Gasteiger partial charge < -0.3 is 19.1 Å². The number of aromatic amines is 1. The summed E-state index contributed by atoms with van der Waals surface area (Å²) in [4.78, 5) is 36.8. The fourth-order valence-corrected chi connectivity index (χ4v) is 3.60. The molecule has 13 heteroatoms. The molecule has 0 aromatic carbocycles. The van der Waals surface area contributed by atoms with Crippen LogP contribution in [0.4, 0.5) is 4.39 Å². The van der Waals surface area contributed by atoms with E-state index in [0.29, 0.717) is 0 Å². The minimum atomic E-state index is -2.94. The number of carbonyl (C=O) groups excluding carboxylic acids is 1. The topological polar surface area (TPSA) is 149 Å². The summed E-state index contributed by atoms with van der Waals surface area (Å²) in [5.74, 6) is -0.618. The second-order valence-corrected chi connectivity index (χ2v) is 8.24. The van der Waals surface area contributed by atoms with E-state index in [-0.39, 0.29) is 6.10 Å². The van der Waals surface area contributed by atoms with Gasteiger partial charge in [-0.25, -0.2) is 14.3 Å². The SMILES string of the molecule is CC(C)OC(=O)[C@@H](C)N[PH](=O)OC[C@H]1OC(n2ccc(=O)[nH]c2=O)[C@](C)(F)[C@@H]1O. The van der Waals surface area contributed by atoms with Crippen molar-refractivity contribution in [3.05, 3.63) is 33.1 Å². The largest absolute Gasteiger partial charge is 0.462 e. The number of H-pyrrole nitrogens is 1. The number of nitrogens with one attached hydrogen (secondary N) is 2. The number of ether oxygens (including phenoxy) is 2. The first kappa shape index (κ1) is 23.4. The average molecular weight is 437 g/mol. The molecule has 2 unspecified atom stereocenters. The zero-order valence-corrected chi connectivity index (χ0v) is 17.4. The molecule has 1 saturated heterocycles. The number of aromatic nitrogens is 2. The van der Waals surface area contributed by atoms with Crippen molar-refractivity contribution in [3.8, 4) is 0 Å². The van der Waals surface area contributed by atoms with E-state index in [2.05, 4.69) is 5.09 Å². The van der Waals surface area contributed by atoms with E-state index < -0.39 is 62.2 Å². The van der Waals surface area contributed by atoms with E-state index in [1.807, 2.05) is 4.98 Å². The number of aliphatic hydroxyl groups excluding tert-OH is 1. The van der Waals surface area contributed by atoms with Crippen molar-refractivity contribution in [2.75, 3.05) is 6.61 Å². The third kappa shape index (κ3) is 5.61. The smallest absolute Gasteiger partial charge is 0.330 e. The summed E-state index contributed by atoms with van der Waals surface area (Å²) in [5, 5.41) is 12.6. The minimum Gasteiger partial charge on any atom is -0.462 e. The number of alkyl halides is 1. The molecule has 0 radical (unpaired) electrons. The van der Waals surface area contributed by atoms with Crippen LogP contribution in [0.5, 0.6) is 0 Å². The molecule has 0 bridgehead atoms. The van der Waals surface area contributed by atoms with Crippen LogP contribution in [0.3, 0.4) is 0 Å². The van der Waals surface area contributed by atoms with Crippen LogP contribution in [0.1, 0.15) is 33.9 Å². The highest BCUT2D eigenvalue weighted by molar-refractivity contribution is 7.36. The molecule has 11 nitrogen and oxygen atoms in total. The van der Waals surface area contributed by atoms with Gasteiger partial charge in [0.15, 0.2) is 11.9 Å². The fraction of sp³-hybridized carbons (Fsp3) is 0.688. The molecule has 2 rings (SSSR count). The third-order valence-corrected chi connectivity index (χ3v) is 5.34. The molecule has 29 heavy (non-hydrogen) atoms. The number of aliphatic hydroxyl groups is 1. The van der Waals surface area contributed by atoms with E-state index in [4.69, 9.17) is 14.0 Å². The lowest BCUT2D eigenvalue weighted by molar-refractivity contribution is -0.149. The molecular formula is C16H25FN3O8P. The summed E-state index contributed by atoms with van der Waals surface area (Å²) in [6.07, 6.45) is -3.78. The van der Waals surface area contributed by atoms with Crippen LogP contribution in [0.25, 0.3) is 0 Å². The number of rotatable bonds is 8. The first-order valence-corrected chi connectivity index (χ1v) is 10.2. The molecule has 0 aliphatic carbocycles. The number of hydrogen-bond donors (Lipinski definition) is 3. The van der Waals surface area contributed by atoms with Gasteiger partial charge in [0.1, 0.15) is 18.2 Å². The lowest BCUT2D eigenvalue weighted by atomic mass is 9.98. The van der Waals surface area contributed by atoms with Gasteiger partial charge in [0.2, 0.25) is 0 Å². The van der Waals surface area contributed by atoms with Gasteiger partial charge >= 0.3 is 11.7 Å². The second kappa shape index (κ2) is 9.31. The van der Waals surface area contributed by atoms with E-state index >= 15 is 4.39 Å². The van der Waals surface area contributed by atoms with E-state index in [1.54, 1.807) is 13.8 Å². The van der Waals surface area contributed by atoms with Gasteiger partial charge in [0, 0.05) is 12.3 Å². The first-order valence-electron chi connectivity index (χ1n) is 8.91. The molecule has 2 heterocycles. The van der Waals surface area contributed by atoms with Gasteiger partial charge in [0.05, 0.1) is 12.7 Å². The molecular weight excluding hydrogens is 412 g/mol. The number of carbonyl (C=O) groups is 1. The van der Waals surface area contributed by atoms with Crippen molar-refractivity contribution in [2.45, 2.75) is 63.9 Å². The summed E-state index contributed by atoms with van der Waals surface area (Å²) in [7, 11) is -2.94. The van der Waals surface area contributed by atoms with Crippen molar-refractivity contribution in [3.63, 3.8) is 0 Å². The van der Waals surface area contributed by atoms with Crippen molar-refractivity contribution in [1.82, 2.24) is 14.6 Å². The molecule has 1 aromatic heterocycles. The minimum absolute atomic E-state index is 0.340. The van der Waals surface area contributed by atoms with Crippen LogP contribution in [0.15, 0.2) is 21.9 Å². The Labute approximate surface area is 166 Å². The molecule has 0 spiro atoms. The summed E-state index contributed by atoms with van der Waals surface area (Å²) >= 11 is 0. The Bertz CT molecular complexity index is 870. The summed E-state index contributed by atoms with van der Waals surface area (Å²) in [5.41, 5.74) is -3.97. The van der Waals surface area contributed by atoms with Gasteiger partial charge in [-0.2, -0.15) is 0 Å². The maximum absolute atomic E-state index is 15.0. The maximum Gasteiger partial charge on any atom is 0.330 e. The summed E-state index contributed by atoms with van der Waals surface area (Å²) < 4.78 is 43.3. The van der Waals surface area contributed by atoms with Crippen molar-refractivity contribution >= 4 is 14.1 Å². The molecule has 3 N–H and O–H groups in total. The Morgan fingerprint density at radius 1 is 1.48 bits per heavy atom. The number of esters is 1. The van der Waals surface area contributed by atoms with Crippen molar-refractivity contribution in [1.29, 1.82) is 0 Å². The van der Waals surface area contributed by atoms with Crippen molar-refractivity contribution in [2.24, 2.45) is 0 Å². The van der Waals surface area contributed by atoms with Crippen LogP contribution >= 0.6 is 8.18 Å². The van der Waals surface area contributed by atoms with Gasteiger partial charge in [-0.05, 0) is 27.7 Å². The predicted octanol–water partition coefficient (Wildman–Crippen LogP) is -0.141. The predicted molar refractivity (Wildman–Crippen MR) is 99.5 cm³/mol. The number of halogens is 1. The van der Waals surface area contributed by atoms with E-state index in [1.165, 1.54) is 6.92 Å². The molecule has 164 valence electrons.